The maximum atomic E-state index is 11.4. The van der Waals surface area contributed by atoms with Gasteiger partial charge in [-0.2, -0.15) is 9.38 Å². The summed E-state index contributed by atoms with van der Waals surface area (Å²) in [5, 5.41) is 15.4. The fraction of sp³-hybridized carbons (Fsp3) is 0.188. The standard InChI is InChI=1S/C16H13ClN4O2/c17-11-5-6-12-10(9-11)4-7-13(12)18-15-16(21(22)23)20-8-2-1-3-14(20)19-15/h1-3,5-6,8-9,13,18H,4,7H2/t13-/m1/s1. The van der Waals surface area contributed by atoms with Crippen molar-refractivity contribution < 1.29 is 4.92 Å². The van der Waals surface area contributed by atoms with Crippen LogP contribution in [-0.2, 0) is 6.42 Å². The molecule has 1 N–H and O–H groups in total. The molecule has 23 heavy (non-hydrogen) atoms. The molecule has 0 saturated carbocycles. The van der Waals surface area contributed by atoms with Crippen molar-refractivity contribution in [2.24, 2.45) is 0 Å². The molecule has 6 nitrogen and oxygen atoms in total. The van der Waals surface area contributed by atoms with Crippen LogP contribution in [0.4, 0.5) is 11.6 Å². The summed E-state index contributed by atoms with van der Waals surface area (Å²) in [5.41, 5.74) is 2.86. The van der Waals surface area contributed by atoms with Gasteiger partial charge in [-0.1, -0.05) is 23.7 Å². The number of rotatable bonds is 3. The summed E-state index contributed by atoms with van der Waals surface area (Å²) in [6.07, 6.45) is 3.41. The zero-order valence-electron chi connectivity index (χ0n) is 12.1. The number of aryl methyl sites for hydroxylation is 1. The van der Waals surface area contributed by atoms with E-state index >= 15 is 0 Å². The van der Waals surface area contributed by atoms with Crippen LogP contribution in [0.25, 0.3) is 5.65 Å². The molecule has 1 aromatic carbocycles. The molecule has 0 spiro atoms. The zero-order chi connectivity index (χ0) is 16.0. The van der Waals surface area contributed by atoms with Gasteiger partial charge in [0, 0.05) is 11.1 Å². The number of anilines is 1. The van der Waals surface area contributed by atoms with E-state index in [1.165, 1.54) is 9.96 Å². The van der Waals surface area contributed by atoms with Gasteiger partial charge in [-0.05, 0) is 47.1 Å². The van der Waals surface area contributed by atoms with Crippen molar-refractivity contribution in [1.82, 2.24) is 9.38 Å². The summed E-state index contributed by atoms with van der Waals surface area (Å²) in [6, 6.07) is 11.1. The van der Waals surface area contributed by atoms with E-state index in [0.29, 0.717) is 16.5 Å². The van der Waals surface area contributed by atoms with Gasteiger partial charge in [-0.15, -0.1) is 0 Å². The first-order valence-electron chi connectivity index (χ1n) is 7.30. The molecule has 3 aromatic rings. The Morgan fingerprint density at radius 2 is 2.22 bits per heavy atom. The van der Waals surface area contributed by atoms with Crippen LogP contribution < -0.4 is 5.32 Å². The molecule has 1 atom stereocenters. The molecule has 116 valence electrons. The lowest BCUT2D eigenvalue weighted by atomic mass is 10.1. The van der Waals surface area contributed by atoms with Crippen LogP contribution in [-0.4, -0.2) is 14.3 Å². The second kappa shape index (κ2) is 5.24. The molecule has 0 fully saturated rings. The van der Waals surface area contributed by atoms with Crippen molar-refractivity contribution in [3.05, 3.63) is 68.9 Å². The van der Waals surface area contributed by atoms with E-state index in [4.69, 9.17) is 11.6 Å². The van der Waals surface area contributed by atoms with Gasteiger partial charge in [0.05, 0.1) is 12.2 Å². The van der Waals surface area contributed by atoms with Gasteiger partial charge in [0.25, 0.3) is 0 Å². The van der Waals surface area contributed by atoms with Crippen molar-refractivity contribution in [3.63, 3.8) is 0 Å². The van der Waals surface area contributed by atoms with Crippen molar-refractivity contribution in [2.45, 2.75) is 18.9 Å². The minimum absolute atomic E-state index is 0.00544. The van der Waals surface area contributed by atoms with E-state index < -0.39 is 4.92 Å². The molecule has 0 unspecified atom stereocenters. The van der Waals surface area contributed by atoms with Gasteiger partial charge < -0.3 is 15.4 Å². The molecular formula is C16H13ClN4O2. The van der Waals surface area contributed by atoms with Crippen LogP contribution in [0.1, 0.15) is 23.6 Å². The van der Waals surface area contributed by atoms with Crippen LogP contribution in [0.2, 0.25) is 5.02 Å². The molecule has 4 rings (SSSR count). The summed E-state index contributed by atoms with van der Waals surface area (Å²) in [7, 11) is 0. The van der Waals surface area contributed by atoms with E-state index in [1.54, 1.807) is 18.3 Å². The SMILES string of the molecule is O=[N+]([O-])c1c(N[C@@H]2CCc3cc(Cl)ccc32)nc2ccccn12. The Hall–Kier alpha value is -2.60. The molecule has 2 aromatic heterocycles. The molecule has 1 aliphatic carbocycles. The van der Waals surface area contributed by atoms with E-state index in [1.807, 2.05) is 24.3 Å². The summed E-state index contributed by atoms with van der Waals surface area (Å²) in [4.78, 5) is 15.4. The highest BCUT2D eigenvalue weighted by Gasteiger charge is 2.28. The zero-order valence-corrected chi connectivity index (χ0v) is 12.8. The smallest absolute Gasteiger partial charge is 0.358 e. The Morgan fingerprint density at radius 3 is 3.04 bits per heavy atom. The molecule has 0 bridgehead atoms. The predicted molar refractivity (Wildman–Crippen MR) is 88.0 cm³/mol. The molecule has 0 aliphatic heterocycles. The fourth-order valence-corrected chi connectivity index (χ4v) is 3.35. The monoisotopic (exact) mass is 328 g/mol. The maximum Gasteiger partial charge on any atom is 0.372 e. The molecule has 7 heteroatoms. The number of pyridine rings is 1. The largest absolute Gasteiger partial charge is 0.372 e. The summed E-state index contributed by atoms with van der Waals surface area (Å²) < 4.78 is 1.49. The molecule has 0 radical (unpaired) electrons. The Balaban J connectivity index is 1.75. The molecular weight excluding hydrogens is 316 g/mol. The second-order valence-corrected chi connectivity index (χ2v) is 5.99. The first kappa shape index (κ1) is 14.0. The van der Waals surface area contributed by atoms with Crippen LogP contribution in [0.3, 0.4) is 0 Å². The second-order valence-electron chi connectivity index (χ2n) is 5.55. The van der Waals surface area contributed by atoms with E-state index in [-0.39, 0.29) is 11.9 Å². The lowest BCUT2D eigenvalue weighted by molar-refractivity contribution is -0.389. The normalized spacial score (nSPS) is 16.5. The summed E-state index contributed by atoms with van der Waals surface area (Å²) >= 11 is 6.03. The van der Waals surface area contributed by atoms with Crippen molar-refractivity contribution in [2.75, 3.05) is 5.32 Å². The number of aromatic nitrogens is 2. The number of halogens is 1. The van der Waals surface area contributed by atoms with E-state index in [0.717, 1.165) is 18.4 Å². The Kier molecular flexibility index (Phi) is 3.20. The topological polar surface area (TPSA) is 72.5 Å². The Bertz CT molecular complexity index is 922. The average molecular weight is 329 g/mol. The third-order valence-corrected chi connectivity index (χ3v) is 4.41. The van der Waals surface area contributed by atoms with Gasteiger partial charge in [0.15, 0.2) is 0 Å². The van der Waals surface area contributed by atoms with Gasteiger partial charge in [-0.3, -0.25) is 0 Å². The van der Waals surface area contributed by atoms with Crippen LogP contribution in [0, 0.1) is 10.1 Å². The lowest BCUT2D eigenvalue weighted by Crippen LogP contribution is -2.09. The first-order chi connectivity index (χ1) is 11.1. The van der Waals surface area contributed by atoms with Crippen molar-refractivity contribution in [3.8, 4) is 0 Å². The third-order valence-electron chi connectivity index (χ3n) is 4.17. The highest BCUT2D eigenvalue weighted by molar-refractivity contribution is 6.30. The van der Waals surface area contributed by atoms with Crippen LogP contribution in [0.5, 0.6) is 0 Å². The number of hydrogen-bond acceptors (Lipinski definition) is 4. The number of fused-ring (bicyclic) bond motifs is 2. The molecule has 1 aliphatic rings. The Labute approximate surface area is 136 Å². The van der Waals surface area contributed by atoms with Crippen LogP contribution >= 0.6 is 11.6 Å². The predicted octanol–water partition coefficient (Wildman–Crippen LogP) is 4.00. The fourth-order valence-electron chi connectivity index (χ4n) is 3.16. The average Bonchev–Trinajstić information content (AvgIpc) is 3.08. The minimum atomic E-state index is -0.403. The number of nitrogens with one attached hydrogen (secondary N) is 1. The number of benzene rings is 1. The highest BCUT2D eigenvalue weighted by Crippen LogP contribution is 2.37. The first-order valence-corrected chi connectivity index (χ1v) is 7.67. The van der Waals surface area contributed by atoms with Gasteiger partial charge in [-0.25, -0.2) is 0 Å². The molecule has 2 heterocycles. The third kappa shape index (κ3) is 2.31. The number of hydrogen-bond donors (Lipinski definition) is 1. The van der Waals surface area contributed by atoms with Crippen molar-refractivity contribution >= 4 is 28.9 Å². The minimum Gasteiger partial charge on any atom is -0.358 e. The van der Waals surface area contributed by atoms with Gasteiger partial charge in [0.1, 0.15) is 0 Å². The maximum absolute atomic E-state index is 11.4. The van der Waals surface area contributed by atoms with Gasteiger partial charge >= 0.3 is 5.82 Å². The molecule has 0 amide bonds. The van der Waals surface area contributed by atoms with Crippen molar-refractivity contribution in [1.29, 1.82) is 0 Å². The number of imidazole rings is 1. The van der Waals surface area contributed by atoms with Crippen LogP contribution in [0.15, 0.2) is 42.6 Å². The van der Waals surface area contributed by atoms with E-state index in [2.05, 4.69) is 10.3 Å². The van der Waals surface area contributed by atoms with E-state index in [9.17, 15) is 10.1 Å². The summed E-state index contributed by atoms with van der Waals surface area (Å²) in [5.74, 6) is 0.261. The van der Waals surface area contributed by atoms with Gasteiger partial charge in [0.2, 0.25) is 11.5 Å². The highest BCUT2D eigenvalue weighted by atomic mass is 35.5. The summed E-state index contributed by atoms with van der Waals surface area (Å²) in [6.45, 7) is 0. The lowest BCUT2D eigenvalue weighted by Gasteiger charge is -2.13. The Morgan fingerprint density at radius 1 is 1.35 bits per heavy atom. The number of nitrogens with zero attached hydrogens (tertiary/aromatic N) is 3. The quantitative estimate of drug-likeness (QED) is 0.582. The molecule has 0 saturated heterocycles. The number of nitro groups is 1.